The van der Waals surface area contributed by atoms with Crippen molar-refractivity contribution in [3.8, 4) is 0 Å². The predicted octanol–water partition coefficient (Wildman–Crippen LogP) is 6.26. The minimum atomic E-state index is -0.430. The van der Waals surface area contributed by atoms with E-state index in [1.165, 1.54) is 70.6 Å². The highest BCUT2D eigenvalue weighted by atomic mass is 16.6. The molecule has 0 fully saturated rings. The van der Waals surface area contributed by atoms with Crippen LogP contribution in [-0.2, 0) is 9.53 Å². The van der Waals surface area contributed by atoms with Crippen molar-refractivity contribution in [3.63, 3.8) is 0 Å². The van der Waals surface area contributed by atoms with Crippen LogP contribution in [0.4, 0.5) is 0 Å². The number of nitrogens with two attached hydrogens (primary N) is 1. The molecule has 0 radical (unpaired) electrons. The fraction of sp³-hybridized carbons (Fsp3) is 0.857. The third kappa shape index (κ3) is 17.5. The van der Waals surface area contributed by atoms with Crippen molar-refractivity contribution < 1.29 is 9.53 Å². The molecule has 0 aromatic carbocycles. The summed E-state index contributed by atoms with van der Waals surface area (Å²) in [6.07, 6.45) is 21.9. The number of rotatable bonds is 17. The largest absolute Gasteiger partial charge is 0.447 e. The summed E-state index contributed by atoms with van der Waals surface area (Å²) < 4.78 is 5.05. The van der Waals surface area contributed by atoms with Crippen LogP contribution < -0.4 is 5.73 Å². The highest BCUT2D eigenvalue weighted by Gasteiger charge is 2.06. The van der Waals surface area contributed by atoms with Crippen molar-refractivity contribution in [2.45, 2.75) is 116 Å². The zero-order valence-electron chi connectivity index (χ0n) is 16.2. The second-order valence-corrected chi connectivity index (χ2v) is 6.77. The maximum Gasteiger partial charge on any atom is 0.307 e. The molecule has 0 heterocycles. The number of carbonyl (C=O) groups is 1. The first-order chi connectivity index (χ1) is 11.7. The molecule has 0 saturated carbocycles. The van der Waals surface area contributed by atoms with Gasteiger partial charge in [0.2, 0.25) is 0 Å². The normalized spacial score (nSPS) is 12.6. The van der Waals surface area contributed by atoms with Crippen LogP contribution in [0.25, 0.3) is 0 Å². The van der Waals surface area contributed by atoms with Gasteiger partial charge in [0.05, 0.1) is 0 Å². The van der Waals surface area contributed by atoms with Crippen LogP contribution in [0.3, 0.4) is 0 Å². The van der Waals surface area contributed by atoms with E-state index >= 15 is 0 Å². The molecule has 0 rings (SSSR count). The lowest BCUT2D eigenvalue weighted by molar-refractivity contribution is -0.149. The van der Waals surface area contributed by atoms with Crippen LogP contribution in [0.2, 0.25) is 0 Å². The van der Waals surface area contributed by atoms with Crippen molar-refractivity contribution in [2.75, 3.05) is 0 Å². The van der Waals surface area contributed by atoms with Gasteiger partial charge in [0.25, 0.3) is 0 Å². The van der Waals surface area contributed by atoms with Gasteiger partial charge in [0, 0.05) is 6.42 Å². The second kappa shape index (κ2) is 18.5. The number of hydrogen-bond donors (Lipinski definition) is 1. The maximum atomic E-state index is 11.4. The lowest BCUT2D eigenvalue weighted by Crippen LogP contribution is -2.25. The standard InChI is InChI=1S/C21H41NO2/c1-3-5-6-7-8-9-10-11-12-13-14-15-16-17-18-19-21(23)24-20(22)4-2/h11-12,20H,3-10,13-19,22H2,1-2H3. The van der Waals surface area contributed by atoms with E-state index in [0.29, 0.717) is 12.8 Å². The number of hydrogen-bond acceptors (Lipinski definition) is 3. The van der Waals surface area contributed by atoms with Crippen molar-refractivity contribution in [1.29, 1.82) is 0 Å². The first kappa shape index (κ1) is 23.2. The zero-order valence-corrected chi connectivity index (χ0v) is 16.2. The maximum absolute atomic E-state index is 11.4. The fourth-order valence-electron chi connectivity index (χ4n) is 2.65. The molecule has 0 aliphatic heterocycles. The smallest absolute Gasteiger partial charge is 0.307 e. The summed E-state index contributed by atoms with van der Waals surface area (Å²) in [7, 11) is 0. The summed E-state index contributed by atoms with van der Waals surface area (Å²) >= 11 is 0. The molecule has 3 heteroatoms. The monoisotopic (exact) mass is 339 g/mol. The third-order valence-corrected chi connectivity index (χ3v) is 4.33. The minimum absolute atomic E-state index is 0.151. The molecule has 0 bridgehead atoms. The van der Waals surface area contributed by atoms with Crippen molar-refractivity contribution >= 4 is 5.97 Å². The van der Waals surface area contributed by atoms with Gasteiger partial charge >= 0.3 is 5.97 Å². The zero-order chi connectivity index (χ0) is 17.9. The summed E-state index contributed by atoms with van der Waals surface area (Å²) in [6.45, 7) is 4.18. The van der Waals surface area contributed by atoms with Crippen molar-refractivity contribution in [1.82, 2.24) is 0 Å². The molecule has 0 aromatic heterocycles. The highest BCUT2D eigenvalue weighted by Crippen LogP contribution is 2.10. The van der Waals surface area contributed by atoms with Crippen LogP contribution in [0.15, 0.2) is 12.2 Å². The van der Waals surface area contributed by atoms with E-state index in [1.807, 2.05) is 6.92 Å². The molecule has 24 heavy (non-hydrogen) atoms. The van der Waals surface area contributed by atoms with E-state index < -0.39 is 6.23 Å². The van der Waals surface area contributed by atoms with E-state index in [4.69, 9.17) is 10.5 Å². The number of esters is 1. The molecule has 0 saturated heterocycles. The van der Waals surface area contributed by atoms with E-state index in [2.05, 4.69) is 19.1 Å². The van der Waals surface area contributed by atoms with Crippen LogP contribution in [0, 0.1) is 0 Å². The Morgan fingerprint density at radius 3 is 1.88 bits per heavy atom. The van der Waals surface area contributed by atoms with Gasteiger partial charge in [-0.25, -0.2) is 0 Å². The molecular formula is C21H41NO2. The molecule has 0 amide bonds. The minimum Gasteiger partial charge on any atom is -0.447 e. The lowest BCUT2D eigenvalue weighted by atomic mass is 10.1. The van der Waals surface area contributed by atoms with Gasteiger partial charge in [-0.3, -0.25) is 10.5 Å². The quantitative estimate of drug-likeness (QED) is 0.147. The highest BCUT2D eigenvalue weighted by molar-refractivity contribution is 5.69. The van der Waals surface area contributed by atoms with Gasteiger partial charge in [0.1, 0.15) is 0 Å². The summed E-state index contributed by atoms with van der Waals surface area (Å²) in [5.74, 6) is -0.151. The van der Waals surface area contributed by atoms with E-state index in [9.17, 15) is 4.79 Å². The molecule has 0 spiro atoms. The van der Waals surface area contributed by atoms with Crippen LogP contribution in [-0.4, -0.2) is 12.2 Å². The van der Waals surface area contributed by atoms with Crippen LogP contribution in [0.1, 0.15) is 110 Å². The van der Waals surface area contributed by atoms with Gasteiger partial charge in [0.15, 0.2) is 6.23 Å². The van der Waals surface area contributed by atoms with Gasteiger partial charge < -0.3 is 4.74 Å². The Labute approximate surface area is 150 Å². The SMILES string of the molecule is CCCCCCCCC=CCCCCCCCC(=O)OC(N)CC. The molecule has 0 aliphatic rings. The molecule has 142 valence electrons. The van der Waals surface area contributed by atoms with Gasteiger partial charge in [-0.2, -0.15) is 0 Å². The second-order valence-electron chi connectivity index (χ2n) is 6.77. The Kier molecular flexibility index (Phi) is 17.9. The average Bonchev–Trinajstić information content (AvgIpc) is 2.58. The van der Waals surface area contributed by atoms with Crippen LogP contribution in [0.5, 0.6) is 0 Å². The third-order valence-electron chi connectivity index (χ3n) is 4.33. The van der Waals surface area contributed by atoms with Gasteiger partial charge in [-0.1, -0.05) is 77.4 Å². The molecule has 2 N–H and O–H groups in total. The molecule has 0 aliphatic carbocycles. The Balaban J connectivity index is 3.22. The molecule has 1 unspecified atom stereocenters. The van der Waals surface area contributed by atoms with Gasteiger partial charge in [-0.15, -0.1) is 0 Å². The predicted molar refractivity (Wildman–Crippen MR) is 104 cm³/mol. The number of ether oxygens (including phenoxy) is 1. The van der Waals surface area contributed by atoms with Gasteiger partial charge in [-0.05, 0) is 38.5 Å². The van der Waals surface area contributed by atoms with E-state index in [0.717, 1.165) is 12.8 Å². The Morgan fingerprint density at radius 2 is 1.33 bits per heavy atom. The topological polar surface area (TPSA) is 52.3 Å². The Morgan fingerprint density at radius 1 is 0.833 bits per heavy atom. The summed E-state index contributed by atoms with van der Waals surface area (Å²) in [5.41, 5.74) is 5.58. The number of carbonyl (C=O) groups excluding carboxylic acids is 1. The summed E-state index contributed by atoms with van der Waals surface area (Å²) in [4.78, 5) is 11.4. The summed E-state index contributed by atoms with van der Waals surface area (Å²) in [5, 5.41) is 0. The molecular weight excluding hydrogens is 298 g/mol. The van der Waals surface area contributed by atoms with Crippen molar-refractivity contribution in [3.05, 3.63) is 12.2 Å². The molecule has 0 aromatic rings. The van der Waals surface area contributed by atoms with E-state index in [1.54, 1.807) is 0 Å². The number of unbranched alkanes of at least 4 members (excludes halogenated alkanes) is 11. The van der Waals surface area contributed by atoms with Crippen LogP contribution >= 0.6 is 0 Å². The first-order valence-corrected chi connectivity index (χ1v) is 10.3. The van der Waals surface area contributed by atoms with E-state index in [-0.39, 0.29) is 5.97 Å². The average molecular weight is 340 g/mol. The Bertz CT molecular complexity index is 302. The molecule has 1 atom stereocenters. The first-order valence-electron chi connectivity index (χ1n) is 10.3. The Hall–Kier alpha value is -0.830. The molecule has 3 nitrogen and oxygen atoms in total. The fourth-order valence-corrected chi connectivity index (χ4v) is 2.65. The van der Waals surface area contributed by atoms with Crippen molar-refractivity contribution in [2.24, 2.45) is 5.73 Å². The lowest BCUT2D eigenvalue weighted by Gasteiger charge is -2.10. The number of allylic oxidation sites excluding steroid dienone is 2. The summed E-state index contributed by atoms with van der Waals surface area (Å²) in [6, 6.07) is 0.